The van der Waals surface area contributed by atoms with Crippen LogP contribution >= 0.6 is 0 Å². The molecule has 1 amide bonds. The topological polar surface area (TPSA) is 52.9 Å². The minimum absolute atomic E-state index is 0.124. The number of hydrogen-bond donors (Lipinski definition) is 1. The molecule has 94 valence electrons. The van der Waals surface area contributed by atoms with Gasteiger partial charge in [0, 0.05) is 5.92 Å². The Morgan fingerprint density at radius 2 is 1.82 bits per heavy atom. The molecule has 2 aliphatic carbocycles. The summed E-state index contributed by atoms with van der Waals surface area (Å²) in [6.45, 7) is 2.22. The molecule has 0 radical (unpaired) electrons. The van der Waals surface area contributed by atoms with E-state index in [2.05, 4.69) is 18.3 Å². The molecule has 0 aromatic rings. The molecule has 0 spiro atoms. The fraction of sp³-hybridized carbons (Fsp3) is 0.857. The van der Waals surface area contributed by atoms with Crippen LogP contribution in [0.25, 0.3) is 0 Å². The molecule has 0 aromatic carbocycles. The first kappa shape index (κ1) is 12.4. The van der Waals surface area contributed by atoms with Gasteiger partial charge < -0.3 is 5.32 Å². The highest BCUT2D eigenvalue weighted by Crippen LogP contribution is 2.33. The zero-order chi connectivity index (χ0) is 12.3. The molecule has 2 fully saturated rings. The van der Waals surface area contributed by atoms with Gasteiger partial charge in [-0.1, -0.05) is 19.8 Å². The van der Waals surface area contributed by atoms with Gasteiger partial charge >= 0.3 is 0 Å². The summed E-state index contributed by atoms with van der Waals surface area (Å²) in [6.07, 6.45) is 8.08. The molecule has 0 saturated heterocycles. The molecule has 3 nitrogen and oxygen atoms in total. The highest BCUT2D eigenvalue weighted by atomic mass is 16.2. The highest BCUT2D eigenvalue weighted by molar-refractivity contribution is 5.80. The Hall–Kier alpha value is -1.04. The number of nitrogens with one attached hydrogen (secondary N) is 1. The lowest BCUT2D eigenvalue weighted by Gasteiger charge is -2.35. The van der Waals surface area contributed by atoms with Crippen LogP contribution in [0.5, 0.6) is 0 Å². The van der Waals surface area contributed by atoms with E-state index >= 15 is 0 Å². The van der Waals surface area contributed by atoms with Gasteiger partial charge in [-0.05, 0) is 44.4 Å². The van der Waals surface area contributed by atoms with Crippen molar-refractivity contribution in [3.8, 4) is 6.07 Å². The molecule has 2 rings (SSSR count). The second-order valence-electron chi connectivity index (χ2n) is 5.85. The standard InChI is InChI=1S/C14H22N2O/c1-11-6-8-14(10-15,9-7-11)16-13(17)12-4-2-3-5-12/h11-12H,2-9H2,1H3,(H,16,17). The number of amides is 1. The zero-order valence-electron chi connectivity index (χ0n) is 10.7. The van der Waals surface area contributed by atoms with E-state index in [0.29, 0.717) is 5.92 Å². The van der Waals surface area contributed by atoms with E-state index in [4.69, 9.17) is 0 Å². The number of nitriles is 1. The van der Waals surface area contributed by atoms with E-state index in [0.717, 1.165) is 51.4 Å². The van der Waals surface area contributed by atoms with Crippen LogP contribution in [0.3, 0.4) is 0 Å². The Labute approximate surface area is 104 Å². The Balaban J connectivity index is 1.95. The molecule has 0 atom stereocenters. The van der Waals surface area contributed by atoms with Gasteiger partial charge in [-0.25, -0.2) is 0 Å². The van der Waals surface area contributed by atoms with Crippen LogP contribution in [0.4, 0.5) is 0 Å². The molecule has 17 heavy (non-hydrogen) atoms. The third-order valence-electron chi connectivity index (χ3n) is 4.43. The first-order chi connectivity index (χ1) is 8.15. The van der Waals surface area contributed by atoms with Crippen molar-refractivity contribution in [2.75, 3.05) is 0 Å². The smallest absolute Gasteiger partial charge is 0.224 e. The average Bonchev–Trinajstić information content (AvgIpc) is 2.86. The van der Waals surface area contributed by atoms with Gasteiger partial charge in [-0.3, -0.25) is 4.79 Å². The summed E-state index contributed by atoms with van der Waals surface area (Å²) in [7, 11) is 0. The first-order valence-electron chi connectivity index (χ1n) is 6.88. The van der Waals surface area contributed by atoms with E-state index < -0.39 is 5.54 Å². The van der Waals surface area contributed by atoms with Crippen molar-refractivity contribution in [2.24, 2.45) is 11.8 Å². The van der Waals surface area contributed by atoms with Gasteiger partial charge in [0.25, 0.3) is 0 Å². The minimum atomic E-state index is -0.563. The van der Waals surface area contributed by atoms with E-state index in [1.807, 2.05) is 0 Å². The minimum Gasteiger partial charge on any atom is -0.338 e. The summed E-state index contributed by atoms with van der Waals surface area (Å²) in [6, 6.07) is 2.36. The van der Waals surface area contributed by atoms with Crippen LogP contribution in [0.15, 0.2) is 0 Å². The van der Waals surface area contributed by atoms with Gasteiger partial charge in [-0.15, -0.1) is 0 Å². The van der Waals surface area contributed by atoms with Crippen molar-refractivity contribution < 1.29 is 4.79 Å². The van der Waals surface area contributed by atoms with Crippen molar-refractivity contribution >= 4 is 5.91 Å². The van der Waals surface area contributed by atoms with Gasteiger partial charge in [0.15, 0.2) is 0 Å². The van der Waals surface area contributed by atoms with E-state index in [1.165, 1.54) is 0 Å². The van der Waals surface area contributed by atoms with Crippen molar-refractivity contribution in [3.05, 3.63) is 0 Å². The Bertz CT molecular complexity index is 318. The van der Waals surface area contributed by atoms with Crippen LogP contribution in [0.1, 0.15) is 58.3 Å². The summed E-state index contributed by atoms with van der Waals surface area (Å²) >= 11 is 0. The third kappa shape index (κ3) is 2.80. The normalized spacial score (nSPS) is 34.2. The number of hydrogen-bond acceptors (Lipinski definition) is 2. The summed E-state index contributed by atoms with van der Waals surface area (Å²) in [5.41, 5.74) is -0.563. The molecular formula is C14H22N2O. The molecule has 0 aliphatic heterocycles. The Morgan fingerprint density at radius 1 is 1.24 bits per heavy atom. The maximum Gasteiger partial charge on any atom is 0.224 e. The second kappa shape index (κ2) is 5.08. The predicted octanol–water partition coefficient (Wildman–Crippen LogP) is 2.77. The molecule has 1 N–H and O–H groups in total. The monoisotopic (exact) mass is 234 g/mol. The number of nitrogens with zero attached hydrogens (tertiary/aromatic N) is 1. The zero-order valence-corrected chi connectivity index (χ0v) is 10.7. The van der Waals surface area contributed by atoms with Crippen LogP contribution in [-0.2, 0) is 4.79 Å². The number of carbonyl (C=O) groups is 1. The lowest BCUT2D eigenvalue weighted by Crippen LogP contribution is -2.51. The van der Waals surface area contributed by atoms with Crippen LogP contribution < -0.4 is 5.32 Å². The molecule has 3 heteroatoms. The maximum atomic E-state index is 12.1. The molecule has 2 aliphatic rings. The lowest BCUT2D eigenvalue weighted by atomic mass is 9.77. The van der Waals surface area contributed by atoms with Crippen LogP contribution in [-0.4, -0.2) is 11.4 Å². The first-order valence-corrected chi connectivity index (χ1v) is 6.88. The molecule has 0 unspecified atom stereocenters. The lowest BCUT2D eigenvalue weighted by molar-refractivity contribution is -0.126. The van der Waals surface area contributed by atoms with E-state index in [-0.39, 0.29) is 11.8 Å². The fourth-order valence-corrected chi connectivity index (χ4v) is 3.05. The summed E-state index contributed by atoms with van der Waals surface area (Å²) in [5, 5.41) is 12.4. The van der Waals surface area contributed by atoms with Crippen LogP contribution in [0.2, 0.25) is 0 Å². The van der Waals surface area contributed by atoms with Gasteiger partial charge in [0.05, 0.1) is 6.07 Å². The van der Waals surface area contributed by atoms with Crippen molar-refractivity contribution in [1.29, 1.82) is 5.26 Å². The highest BCUT2D eigenvalue weighted by Gasteiger charge is 2.37. The third-order valence-corrected chi connectivity index (χ3v) is 4.43. The quantitative estimate of drug-likeness (QED) is 0.798. The number of rotatable bonds is 2. The Morgan fingerprint density at radius 3 is 2.35 bits per heavy atom. The molecule has 2 saturated carbocycles. The van der Waals surface area contributed by atoms with Crippen molar-refractivity contribution in [2.45, 2.75) is 63.8 Å². The van der Waals surface area contributed by atoms with Gasteiger partial charge in [-0.2, -0.15) is 5.26 Å². The molecular weight excluding hydrogens is 212 g/mol. The fourth-order valence-electron chi connectivity index (χ4n) is 3.05. The second-order valence-corrected chi connectivity index (χ2v) is 5.85. The average molecular weight is 234 g/mol. The maximum absolute atomic E-state index is 12.1. The van der Waals surface area contributed by atoms with E-state index in [1.54, 1.807) is 0 Å². The largest absolute Gasteiger partial charge is 0.338 e. The number of carbonyl (C=O) groups excluding carboxylic acids is 1. The SMILES string of the molecule is CC1CCC(C#N)(NC(=O)C2CCCC2)CC1. The van der Waals surface area contributed by atoms with Gasteiger partial charge in [0.2, 0.25) is 5.91 Å². The van der Waals surface area contributed by atoms with Crippen molar-refractivity contribution in [1.82, 2.24) is 5.32 Å². The van der Waals surface area contributed by atoms with Crippen LogP contribution in [0, 0.1) is 23.2 Å². The summed E-state index contributed by atoms with van der Waals surface area (Å²) in [4.78, 5) is 12.1. The summed E-state index contributed by atoms with van der Waals surface area (Å²) < 4.78 is 0. The van der Waals surface area contributed by atoms with E-state index in [9.17, 15) is 10.1 Å². The molecule has 0 aromatic heterocycles. The van der Waals surface area contributed by atoms with Crippen molar-refractivity contribution in [3.63, 3.8) is 0 Å². The van der Waals surface area contributed by atoms with Gasteiger partial charge in [0.1, 0.15) is 5.54 Å². The predicted molar refractivity (Wildman–Crippen MR) is 66.1 cm³/mol. The summed E-state index contributed by atoms with van der Waals surface area (Å²) in [5.74, 6) is 0.984. The molecule has 0 bridgehead atoms. The molecule has 0 heterocycles. The Kier molecular flexibility index (Phi) is 3.71.